The van der Waals surface area contributed by atoms with Crippen molar-refractivity contribution in [3.05, 3.63) is 35.4 Å². The summed E-state index contributed by atoms with van der Waals surface area (Å²) >= 11 is 0. The van der Waals surface area contributed by atoms with Gasteiger partial charge in [0.25, 0.3) is 0 Å². The van der Waals surface area contributed by atoms with Crippen LogP contribution in [-0.4, -0.2) is 19.2 Å². The first-order valence-electron chi connectivity index (χ1n) is 5.63. The number of alkyl halides is 3. The second-order valence-corrected chi connectivity index (χ2v) is 3.96. The van der Waals surface area contributed by atoms with Crippen LogP contribution in [0.25, 0.3) is 0 Å². The zero-order valence-corrected chi connectivity index (χ0v) is 10.3. The smallest absolute Gasteiger partial charge is 0.416 e. The van der Waals surface area contributed by atoms with Gasteiger partial charge in [0.2, 0.25) is 0 Å². The molecule has 0 radical (unpaired) electrons. The number of ether oxygens (including phenoxy) is 1. The lowest BCUT2D eigenvalue weighted by Gasteiger charge is -2.15. The molecule has 0 saturated carbocycles. The molecule has 0 aromatic heterocycles. The van der Waals surface area contributed by atoms with Crippen LogP contribution in [-0.2, 0) is 10.9 Å². The highest BCUT2D eigenvalue weighted by Gasteiger charge is 2.30. The third kappa shape index (κ3) is 5.17. The number of hydrogen-bond donors (Lipinski definition) is 2. The number of amides is 1. The number of hydrogen-bond acceptors (Lipinski definition) is 3. The van der Waals surface area contributed by atoms with Crippen LogP contribution in [0.5, 0.6) is 0 Å². The van der Waals surface area contributed by atoms with E-state index in [1.54, 1.807) is 6.92 Å². The van der Waals surface area contributed by atoms with E-state index >= 15 is 0 Å². The molecule has 0 spiro atoms. The average molecular weight is 276 g/mol. The molecule has 0 saturated heterocycles. The van der Waals surface area contributed by atoms with Crippen molar-refractivity contribution in [1.29, 1.82) is 0 Å². The van der Waals surface area contributed by atoms with E-state index in [2.05, 4.69) is 10.1 Å². The number of halogens is 3. The zero-order valence-electron chi connectivity index (χ0n) is 10.3. The van der Waals surface area contributed by atoms with Crippen molar-refractivity contribution < 1.29 is 22.7 Å². The van der Waals surface area contributed by atoms with Crippen LogP contribution in [0.3, 0.4) is 0 Å². The fraction of sp³-hybridized carbons (Fsp3) is 0.417. The van der Waals surface area contributed by atoms with E-state index < -0.39 is 17.8 Å². The third-order valence-corrected chi connectivity index (χ3v) is 2.53. The molecule has 0 aliphatic rings. The van der Waals surface area contributed by atoms with Gasteiger partial charge >= 0.3 is 12.3 Å². The van der Waals surface area contributed by atoms with Gasteiger partial charge in [0.15, 0.2) is 0 Å². The Labute approximate surface area is 108 Å². The lowest BCUT2D eigenvalue weighted by molar-refractivity contribution is -0.137. The van der Waals surface area contributed by atoms with Crippen molar-refractivity contribution in [2.24, 2.45) is 5.73 Å². The third-order valence-electron chi connectivity index (χ3n) is 2.53. The normalized spacial score (nSPS) is 13.1. The van der Waals surface area contributed by atoms with Crippen molar-refractivity contribution in [1.82, 2.24) is 5.32 Å². The van der Waals surface area contributed by atoms with Crippen molar-refractivity contribution in [2.75, 3.05) is 13.2 Å². The molecule has 106 valence electrons. The van der Waals surface area contributed by atoms with Crippen molar-refractivity contribution in [3.8, 4) is 0 Å². The van der Waals surface area contributed by atoms with E-state index in [1.165, 1.54) is 12.1 Å². The summed E-state index contributed by atoms with van der Waals surface area (Å²) in [5.74, 6) is 0. The molecule has 0 heterocycles. The van der Waals surface area contributed by atoms with E-state index in [1.807, 2.05) is 0 Å². The molecule has 19 heavy (non-hydrogen) atoms. The second-order valence-electron chi connectivity index (χ2n) is 3.96. The highest BCUT2D eigenvalue weighted by atomic mass is 19.4. The maximum absolute atomic E-state index is 12.4. The molecular formula is C12H15F3N2O2. The Bertz CT molecular complexity index is 418. The number of benzene rings is 1. The van der Waals surface area contributed by atoms with Gasteiger partial charge in [-0.25, -0.2) is 4.79 Å². The Morgan fingerprint density at radius 3 is 2.42 bits per heavy atom. The minimum Gasteiger partial charge on any atom is -0.448 e. The highest BCUT2D eigenvalue weighted by Crippen LogP contribution is 2.29. The molecule has 1 rings (SSSR count). The van der Waals surface area contributed by atoms with Crippen LogP contribution in [0.2, 0.25) is 0 Å². The van der Waals surface area contributed by atoms with E-state index in [9.17, 15) is 18.0 Å². The van der Waals surface area contributed by atoms with Crippen molar-refractivity contribution in [3.63, 3.8) is 0 Å². The molecule has 1 aromatic rings. The van der Waals surface area contributed by atoms with Crippen LogP contribution in [0, 0.1) is 0 Å². The molecular weight excluding hydrogens is 261 g/mol. The van der Waals surface area contributed by atoms with Gasteiger partial charge in [-0.05, 0) is 24.6 Å². The summed E-state index contributed by atoms with van der Waals surface area (Å²) in [5.41, 5.74) is 4.82. The zero-order chi connectivity index (χ0) is 14.5. The van der Waals surface area contributed by atoms with Gasteiger partial charge in [0.1, 0.15) is 6.61 Å². The SMILES string of the molecule is CC(NCCOC(N)=O)c1ccc(C(F)(F)F)cc1. The highest BCUT2D eigenvalue weighted by molar-refractivity contribution is 5.64. The number of nitrogens with one attached hydrogen (secondary N) is 1. The van der Waals surface area contributed by atoms with E-state index in [0.717, 1.165) is 12.1 Å². The molecule has 7 heteroatoms. The summed E-state index contributed by atoms with van der Waals surface area (Å²) in [5, 5.41) is 3.00. The molecule has 4 nitrogen and oxygen atoms in total. The molecule has 3 N–H and O–H groups in total. The van der Waals surface area contributed by atoms with Gasteiger partial charge in [0, 0.05) is 12.6 Å². The predicted molar refractivity (Wildman–Crippen MR) is 63.4 cm³/mol. The van der Waals surface area contributed by atoms with Crippen molar-refractivity contribution >= 4 is 6.09 Å². The fourth-order valence-electron chi connectivity index (χ4n) is 1.51. The summed E-state index contributed by atoms with van der Waals surface area (Å²) < 4.78 is 41.6. The van der Waals surface area contributed by atoms with Crippen LogP contribution in [0.15, 0.2) is 24.3 Å². The van der Waals surface area contributed by atoms with E-state index in [4.69, 9.17) is 5.73 Å². The Morgan fingerprint density at radius 1 is 1.37 bits per heavy atom. The fourth-order valence-corrected chi connectivity index (χ4v) is 1.51. The molecule has 0 fully saturated rings. The minimum atomic E-state index is -4.33. The maximum Gasteiger partial charge on any atom is 0.416 e. The molecule has 1 amide bonds. The predicted octanol–water partition coefficient (Wildman–Crippen LogP) is 2.45. The van der Waals surface area contributed by atoms with Crippen LogP contribution < -0.4 is 11.1 Å². The number of carbonyl (C=O) groups is 1. The molecule has 0 aliphatic heterocycles. The number of primary amides is 1. The number of carbonyl (C=O) groups excluding carboxylic acids is 1. The quantitative estimate of drug-likeness (QED) is 0.812. The summed E-state index contributed by atoms with van der Waals surface area (Å²) in [6.07, 6.45) is -5.19. The van der Waals surface area contributed by atoms with Gasteiger partial charge in [0.05, 0.1) is 5.56 Å². The monoisotopic (exact) mass is 276 g/mol. The first-order valence-corrected chi connectivity index (χ1v) is 5.63. The van der Waals surface area contributed by atoms with Crippen LogP contribution in [0.1, 0.15) is 24.1 Å². The topological polar surface area (TPSA) is 64.3 Å². The lowest BCUT2D eigenvalue weighted by Crippen LogP contribution is -2.26. The first-order chi connectivity index (χ1) is 8.80. The summed E-state index contributed by atoms with van der Waals surface area (Å²) in [6, 6.07) is 4.74. The van der Waals surface area contributed by atoms with Gasteiger partial charge in [-0.15, -0.1) is 0 Å². The van der Waals surface area contributed by atoms with Crippen LogP contribution in [0.4, 0.5) is 18.0 Å². The summed E-state index contributed by atoms with van der Waals surface area (Å²) in [7, 11) is 0. The largest absolute Gasteiger partial charge is 0.448 e. The van der Waals surface area contributed by atoms with Crippen LogP contribution >= 0.6 is 0 Å². The van der Waals surface area contributed by atoms with E-state index in [-0.39, 0.29) is 12.6 Å². The molecule has 0 bridgehead atoms. The van der Waals surface area contributed by atoms with Gasteiger partial charge in [-0.2, -0.15) is 13.2 Å². The first kappa shape index (κ1) is 15.3. The molecule has 1 unspecified atom stereocenters. The van der Waals surface area contributed by atoms with Gasteiger partial charge < -0.3 is 15.8 Å². The molecule has 1 atom stereocenters. The van der Waals surface area contributed by atoms with Gasteiger partial charge in [-0.3, -0.25) is 0 Å². The standard InChI is InChI=1S/C12H15F3N2O2/c1-8(17-6-7-19-11(16)18)9-2-4-10(5-3-9)12(13,14)15/h2-5,8,17H,6-7H2,1H3,(H2,16,18). The number of nitrogens with two attached hydrogens (primary N) is 1. The summed E-state index contributed by atoms with van der Waals surface area (Å²) in [6.45, 7) is 2.28. The molecule has 1 aromatic carbocycles. The van der Waals surface area contributed by atoms with Gasteiger partial charge in [-0.1, -0.05) is 12.1 Å². The Balaban J connectivity index is 2.49. The lowest BCUT2D eigenvalue weighted by atomic mass is 10.1. The Morgan fingerprint density at radius 2 is 1.95 bits per heavy atom. The molecule has 0 aliphatic carbocycles. The number of rotatable bonds is 5. The average Bonchev–Trinajstić information content (AvgIpc) is 2.33. The second kappa shape index (κ2) is 6.42. The van der Waals surface area contributed by atoms with E-state index in [0.29, 0.717) is 12.1 Å². The Hall–Kier alpha value is -1.76. The minimum absolute atomic E-state index is 0.111. The maximum atomic E-state index is 12.4. The Kier molecular flexibility index (Phi) is 5.17. The van der Waals surface area contributed by atoms with Crippen molar-refractivity contribution in [2.45, 2.75) is 19.1 Å². The summed E-state index contributed by atoms with van der Waals surface area (Å²) in [4.78, 5) is 10.3.